The number of carbonyl (C=O) groups is 1. The van der Waals surface area contributed by atoms with Crippen LogP contribution in [-0.2, 0) is 11.2 Å². The first-order valence-electron chi connectivity index (χ1n) is 5.44. The highest BCUT2D eigenvalue weighted by Gasteiger charge is 2.25. The Balaban J connectivity index is 2.40. The van der Waals surface area contributed by atoms with Crippen LogP contribution in [0.4, 0.5) is 5.69 Å². The van der Waals surface area contributed by atoms with E-state index in [4.69, 9.17) is 17.3 Å². The summed E-state index contributed by atoms with van der Waals surface area (Å²) in [5, 5.41) is 0.777. The van der Waals surface area contributed by atoms with Crippen LogP contribution in [0.15, 0.2) is 18.2 Å². The Morgan fingerprint density at radius 3 is 3.00 bits per heavy atom. The maximum atomic E-state index is 11.2. The Morgan fingerprint density at radius 2 is 2.31 bits per heavy atom. The molecule has 0 aromatic heterocycles. The third-order valence-electron chi connectivity index (χ3n) is 3.11. The predicted octanol–water partition coefficient (Wildman–Crippen LogP) is 1.97. The van der Waals surface area contributed by atoms with Crippen molar-refractivity contribution >= 4 is 23.2 Å². The van der Waals surface area contributed by atoms with E-state index in [2.05, 4.69) is 0 Å². The molecule has 1 atom stereocenters. The van der Waals surface area contributed by atoms with Gasteiger partial charge in [0.05, 0.1) is 0 Å². The van der Waals surface area contributed by atoms with Gasteiger partial charge in [0.2, 0.25) is 5.91 Å². The molecule has 0 saturated heterocycles. The van der Waals surface area contributed by atoms with Gasteiger partial charge < -0.3 is 10.6 Å². The standard InChI is InChI=1S/C12H15ClN2O/c1-8(12(14)16)15-7-3-4-9-10(13)5-2-6-11(9)15/h2,5-6,8H,3-4,7H2,1H3,(H2,14,16)/t8-/m0/s1. The monoisotopic (exact) mass is 238 g/mol. The molecule has 0 aliphatic carbocycles. The molecule has 2 N–H and O–H groups in total. The number of halogens is 1. The lowest BCUT2D eigenvalue weighted by atomic mass is 10.00. The fourth-order valence-corrected chi connectivity index (χ4v) is 2.43. The number of carbonyl (C=O) groups excluding carboxylic acids is 1. The van der Waals surface area contributed by atoms with E-state index in [-0.39, 0.29) is 11.9 Å². The number of rotatable bonds is 2. The topological polar surface area (TPSA) is 46.3 Å². The van der Waals surface area contributed by atoms with Gasteiger partial charge >= 0.3 is 0 Å². The molecule has 2 rings (SSSR count). The molecule has 0 fully saturated rings. The minimum absolute atomic E-state index is 0.280. The first-order chi connectivity index (χ1) is 7.61. The Kier molecular flexibility index (Phi) is 3.06. The van der Waals surface area contributed by atoms with Gasteiger partial charge in [0, 0.05) is 17.3 Å². The molecule has 1 aromatic carbocycles. The van der Waals surface area contributed by atoms with Gasteiger partial charge in [-0.2, -0.15) is 0 Å². The van der Waals surface area contributed by atoms with E-state index >= 15 is 0 Å². The van der Waals surface area contributed by atoms with Crippen LogP contribution in [0, 0.1) is 0 Å². The molecule has 86 valence electrons. The van der Waals surface area contributed by atoms with Crippen molar-refractivity contribution < 1.29 is 4.79 Å². The lowest BCUT2D eigenvalue weighted by molar-refractivity contribution is -0.119. The summed E-state index contributed by atoms with van der Waals surface area (Å²) < 4.78 is 0. The molecular formula is C12H15ClN2O. The molecule has 16 heavy (non-hydrogen) atoms. The van der Waals surface area contributed by atoms with Gasteiger partial charge in [0.25, 0.3) is 0 Å². The van der Waals surface area contributed by atoms with Crippen LogP contribution in [0.3, 0.4) is 0 Å². The van der Waals surface area contributed by atoms with Crippen LogP contribution in [0.25, 0.3) is 0 Å². The van der Waals surface area contributed by atoms with Crippen molar-refractivity contribution in [3.05, 3.63) is 28.8 Å². The number of hydrogen-bond donors (Lipinski definition) is 1. The van der Waals surface area contributed by atoms with Gasteiger partial charge in [-0.25, -0.2) is 0 Å². The Morgan fingerprint density at radius 1 is 1.56 bits per heavy atom. The molecule has 4 heteroatoms. The van der Waals surface area contributed by atoms with E-state index < -0.39 is 0 Å². The van der Waals surface area contributed by atoms with E-state index in [9.17, 15) is 4.79 Å². The number of fused-ring (bicyclic) bond motifs is 1. The first kappa shape index (κ1) is 11.3. The summed E-state index contributed by atoms with van der Waals surface area (Å²) in [6.07, 6.45) is 1.98. The van der Waals surface area contributed by atoms with Crippen LogP contribution >= 0.6 is 11.6 Å². The number of amides is 1. The summed E-state index contributed by atoms with van der Waals surface area (Å²) in [6.45, 7) is 2.69. The van der Waals surface area contributed by atoms with Crippen LogP contribution < -0.4 is 10.6 Å². The average Bonchev–Trinajstić information content (AvgIpc) is 2.28. The fourth-order valence-electron chi connectivity index (χ4n) is 2.17. The normalized spacial score (nSPS) is 16.8. The lowest BCUT2D eigenvalue weighted by Gasteiger charge is -2.35. The van der Waals surface area contributed by atoms with Crippen molar-refractivity contribution in [1.29, 1.82) is 0 Å². The largest absolute Gasteiger partial charge is 0.368 e. The van der Waals surface area contributed by atoms with E-state index in [0.717, 1.165) is 35.7 Å². The van der Waals surface area contributed by atoms with Crippen molar-refractivity contribution in [3.8, 4) is 0 Å². The highest BCUT2D eigenvalue weighted by molar-refractivity contribution is 6.31. The van der Waals surface area contributed by atoms with Gasteiger partial charge in [-0.1, -0.05) is 17.7 Å². The smallest absolute Gasteiger partial charge is 0.239 e. The summed E-state index contributed by atoms with van der Waals surface area (Å²) in [4.78, 5) is 13.3. The quantitative estimate of drug-likeness (QED) is 0.856. The average molecular weight is 239 g/mol. The number of hydrogen-bond acceptors (Lipinski definition) is 2. The molecule has 1 aliphatic rings. The molecule has 1 aromatic rings. The van der Waals surface area contributed by atoms with Crippen molar-refractivity contribution in [2.45, 2.75) is 25.8 Å². The second-order valence-corrected chi connectivity index (χ2v) is 4.52. The van der Waals surface area contributed by atoms with Crippen LogP contribution in [-0.4, -0.2) is 18.5 Å². The summed E-state index contributed by atoms with van der Waals surface area (Å²) >= 11 is 6.15. The molecule has 0 unspecified atom stereocenters. The Hall–Kier alpha value is -1.22. The Bertz CT molecular complexity index is 419. The highest BCUT2D eigenvalue weighted by Crippen LogP contribution is 2.33. The maximum Gasteiger partial charge on any atom is 0.239 e. The second kappa shape index (κ2) is 4.34. The Labute approximate surface area is 100 Å². The first-order valence-corrected chi connectivity index (χ1v) is 5.82. The van der Waals surface area contributed by atoms with Crippen molar-refractivity contribution in [2.75, 3.05) is 11.4 Å². The van der Waals surface area contributed by atoms with E-state index in [1.165, 1.54) is 0 Å². The number of benzene rings is 1. The summed E-state index contributed by atoms with van der Waals surface area (Å²) in [5.74, 6) is -0.298. The molecule has 0 saturated carbocycles. The van der Waals surface area contributed by atoms with Crippen molar-refractivity contribution in [1.82, 2.24) is 0 Å². The third-order valence-corrected chi connectivity index (χ3v) is 3.46. The predicted molar refractivity (Wildman–Crippen MR) is 65.8 cm³/mol. The third kappa shape index (κ3) is 1.87. The maximum absolute atomic E-state index is 11.2. The zero-order chi connectivity index (χ0) is 11.7. The summed E-state index contributed by atoms with van der Waals surface area (Å²) in [6, 6.07) is 5.52. The molecule has 1 aliphatic heterocycles. The molecule has 0 bridgehead atoms. The minimum atomic E-state index is -0.298. The van der Waals surface area contributed by atoms with E-state index in [0.29, 0.717) is 0 Å². The summed E-state index contributed by atoms with van der Waals surface area (Å²) in [5.41, 5.74) is 7.52. The van der Waals surface area contributed by atoms with Gasteiger partial charge in [0.1, 0.15) is 6.04 Å². The SMILES string of the molecule is C[C@@H](C(N)=O)N1CCCc2c(Cl)cccc21. The van der Waals surface area contributed by atoms with Crippen LogP contribution in [0.5, 0.6) is 0 Å². The van der Waals surface area contributed by atoms with E-state index in [1.54, 1.807) is 0 Å². The fraction of sp³-hybridized carbons (Fsp3) is 0.417. The van der Waals surface area contributed by atoms with Crippen molar-refractivity contribution in [3.63, 3.8) is 0 Å². The molecule has 0 radical (unpaired) electrons. The number of nitrogens with zero attached hydrogens (tertiary/aromatic N) is 1. The highest BCUT2D eigenvalue weighted by atomic mass is 35.5. The zero-order valence-electron chi connectivity index (χ0n) is 9.24. The molecular weight excluding hydrogens is 224 g/mol. The summed E-state index contributed by atoms with van der Waals surface area (Å²) in [7, 11) is 0. The minimum Gasteiger partial charge on any atom is -0.368 e. The van der Waals surface area contributed by atoms with Crippen molar-refractivity contribution in [2.24, 2.45) is 5.73 Å². The van der Waals surface area contributed by atoms with Crippen LogP contribution in [0.2, 0.25) is 5.02 Å². The zero-order valence-corrected chi connectivity index (χ0v) is 10.00. The second-order valence-electron chi connectivity index (χ2n) is 4.11. The number of primary amides is 1. The lowest BCUT2D eigenvalue weighted by Crippen LogP contribution is -2.45. The number of anilines is 1. The van der Waals surface area contributed by atoms with Gasteiger partial charge in [-0.3, -0.25) is 4.79 Å². The van der Waals surface area contributed by atoms with Gasteiger partial charge in [-0.05, 0) is 37.5 Å². The van der Waals surface area contributed by atoms with Crippen LogP contribution in [0.1, 0.15) is 18.9 Å². The molecule has 1 heterocycles. The van der Waals surface area contributed by atoms with Gasteiger partial charge in [0.15, 0.2) is 0 Å². The molecule has 0 spiro atoms. The van der Waals surface area contributed by atoms with E-state index in [1.807, 2.05) is 30.0 Å². The van der Waals surface area contributed by atoms with Gasteiger partial charge in [-0.15, -0.1) is 0 Å². The molecule has 1 amide bonds. The molecule has 3 nitrogen and oxygen atoms in total. The number of nitrogens with two attached hydrogens (primary N) is 1.